The van der Waals surface area contributed by atoms with E-state index in [-0.39, 0.29) is 36.0 Å². The van der Waals surface area contributed by atoms with Gasteiger partial charge < -0.3 is 39.9 Å². The molecule has 6 rings (SSSR count). The van der Waals surface area contributed by atoms with Gasteiger partial charge in [0, 0.05) is 18.9 Å². The van der Waals surface area contributed by atoms with Crippen molar-refractivity contribution in [2.24, 2.45) is 0 Å². The minimum Gasteiger partial charge on any atom is -0.482 e. The highest BCUT2D eigenvalue weighted by molar-refractivity contribution is 6.07. The second kappa shape index (κ2) is 14.6. The van der Waals surface area contributed by atoms with E-state index >= 15 is 0 Å². The number of hydrogen-bond donors (Lipinski definition) is 7. The first kappa shape index (κ1) is 36.5. The number of benzene rings is 1. The molecule has 4 aromatic heterocycles. The Bertz CT molecular complexity index is 2180. The topological polar surface area (TPSA) is 265 Å². The number of amides is 4. The summed E-state index contributed by atoms with van der Waals surface area (Å²) in [5.74, 6) is -1.26. The number of carbonyl (C=O) groups is 5. The number of aromatic amines is 2. The van der Waals surface area contributed by atoms with Crippen LogP contribution in [0.15, 0.2) is 43.2 Å². The Morgan fingerprint density at radius 1 is 0.827 bits per heavy atom. The molecule has 0 fully saturated rings. The van der Waals surface area contributed by atoms with Crippen molar-refractivity contribution in [2.75, 3.05) is 22.6 Å². The first-order chi connectivity index (χ1) is 24.5. The zero-order valence-corrected chi connectivity index (χ0v) is 29.0. The molecule has 0 unspecified atom stereocenters. The molecule has 0 bridgehead atoms. The zero-order chi connectivity index (χ0) is 37.8. The van der Waals surface area contributed by atoms with Gasteiger partial charge in [-0.1, -0.05) is 6.07 Å². The van der Waals surface area contributed by atoms with E-state index in [1.165, 1.54) is 18.7 Å². The predicted octanol–water partition coefficient (Wildman–Crippen LogP) is 4.57. The van der Waals surface area contributed by atoms with Crippen LogP contribution >= 0.6 is 0 Å². The summed E-state index contributed by atoms with van der Waals surface area (Å²) in [5.41, 5.74) is 2.02. The van der Waals surface area contributed by atoms with Crippen molar-refractivity contribution < 1.29 is 43.3 Å². The third-order valence-corrected chi connectivity index (χ3v) is 6.75. The molecular formula is C33H36N10O9. The van der Waals surface area contributed by atoms with E-state index in [9.17, 15) is 24.0 Å². The fourth-order valence-corrected chi connectivity index (χ4v) is 4.74. The Morgan fingerprint density at radius 3 is 1.90 bits per heavy atom. The first-order valence-electron chi connectivity index (χ1n) is 15.7. The van der Waals surface area contributed by atoms with E-state index in [1.807, 2.05) is 0 Å². The van der Waals surface area contributed by atoms with Crippen molar-refractivity contribution in [3.05, 3.63) is 60.2 Å². The monoisotopic (exact) mass is 716 g/mol. The second-order valence-corrected chi connectivity index (χ2v) is 13.2. The molecule has 0 radical (unpaired) electrons. The molecule has 19 nitrogen and oxygen atoms in total. The van der Waals surface area contributed by atoms with Crippen molar-refractivity contribution in [3.63, 3.8) is 0 Å². The summed E-state index contributed by atoms with van der Waals surface area (Å²) in [6, 6.07) is 5.27. The number of nitrogens with one attached hydrogen (secondary N) is 6. The van der Waals surface area contributed by atoms with E-state index in [4.69, 9.17) is 19.3 Å². The number of fused-ring (bicyclic) bond motifs is 3. The van der Waals surface area contributed by atoms with Gasteiger partial charge in [0.15, 0.2) is 18.0 Å². The number of H-pyrrole nitrogens is 2. The van der Waals surface area contributed by atoms with Gasteiger partial charge in [-0.25, -0.2) is 34.3 Å². The number of ether oxygens (including phenoxy) is 3. The van der Waals surface area contributed by atoms with Gasteiger partial charge in [-0.2, -0.15) is 0 Å². The van der Waals surface area contributed by atoms with E-state index in [2.05, 4.69) is 51.2 Å². The van der Waals surface area contributed by atoms with Crippen LogP contribution < -0.4 is 26.0 Å². The minimum absolute atomic E-state index is 0.0201. The van der Waals surface area contributed by atoms with Crippen LogP contribution in [0.25, 0.3) is 22.1 Å². The van der Waals surface area contributed by atoms with Gasteiger partial charge in [-0.15, -0.1) is 0 Å². The van der Waals surface area contributed by atoms with Crippen LogP contribution in [0.3, 0.4) is 0 Å². The van der Waals surface area contributed by atoms with E-state index < -0.39 is 35.3 Å². The van der Waals surface area contributed by atoms with E-state index in [1.54, 1.807) is 59.7 Å². The van der Waals surface area contributed by atoms with Gasteiger partial charge in [-0.3, -0.25) is 20.2 Å². The molecule has 0 aliphatic carbocycles. The molecule has 7 N–H and O–H groups in total. The summed E-state index contributed by atoms with van der Waals surface area (Å²) in [5, 5.41) is 19.7. The summed E-state index contributed by atoms with van der Waals surface area (Å²) in [4.78, 5) is 80.5. The summed E-state index contributed by atoms with van der Waals surface area (Å²) < 4.78 is 15.7. The Morgan fingerprint density at radius 2 is 1.37 bits per heavy atom. The molecule has 1 aliphatic rings. The average Bonchev–Trinajstić information content (AvgIpc) is 3.65. The molecule has 0 saturated carbocycles. The first-order valence-corrected chi connectivity index (χ1v) is 15.7. The smallest absolute Gasteiger partial charge is 0.412 e. The quantitative estimate of drug-likeness (QED) is 0.127. The number of rotatable bonds is 6. The maximum atomic E-state index is 12.8. The Hall–Kier alpha value is -6.79. The lowest BCUT2D eigenvalue weighted by molar-refractivity contribution is -0.118. The van der Waals surface area contributed by atoms with E-state index in [0.717, 1.165) is 11.9 Å². The normalized spacial score (nSPS) is 12.4. The van der Waals surface area contributed by atoms with Crippen molar-refractivity contribution in [3.8, 4) is 5.75 Å². The number of aromatic nitrogens is 6. The molecule has 272 valence electrons. The highest BCUT2D eigenvalue weighted by Gasteiger charge is 2.22. The lowest BCUT2D eigenvalue weighted by Crippen LogP contribution is -2.27. The molecule has 0 spiro atoms. The molecule has 1 aromatic carbocycles. The maximum absolute atomic E-state index is 12.8. The minimum atomic E-state index is -1.18. The largest absolute Gasteiger partial charge is 0.482 e. The predicted molar refractivity (Wildman–Crippen MR) is 186 cm³/mol. The van der Waals surface area contributed by atoms with Gasteiger partial charge in [0.05, 0.1) is 22.6 Å². The van der Waals surface area contributed by atoms with Crippen LogP contribution in [0.2, 0.25) is 0 Å². The molecule has 0 atom stereocenters. The Kier molecular flexibility index (Phi) is 10.2. The number of carboxylic acid groups (broad SMARTS) is 1. The third-order valence-electron chi connectivity index (χ3n) is 6.75. The number of hydrogen-bond acceptors (Lipinski definition) is 12. The number of carboxylic acids is 1. The summed E-state index contributed by atoms with van der Waals surface area (Å²) >= 11 is 0. The summed E-state index contributed by atoms with van der Waals surface area (Å²) in [6.07, 6.45) is 4.05. The third kappa shape index (κ3) is 9.05. The molecule has 5 heterocycles. The molecule has 1 aliphatic heterocycles. The van der Waals surface area contributed by atoms with E-state index in [0.29, 0.717) is 39.4 Å². The lowest BCUT2D eigenvalue weighted by Gasteiger charge is -2.19. The van der Waals surface area contributed by atoms with Gasteiger partial charge in [-0.05, 0) is 59.2 Å². The van der Waals surface area contributed by atoms with Crippen molar-refractivity contribution in [1.82, 2.24) is 35.2 Å². The van der Waals surface area contributed by atoms with Crippen molar-refractivity contribution in [1.29, 1.82) is 0 Å². The average molecular weight is 717 g/mol. The molecule has 5 aromatic rings. The fraction of sp³-hybridized carbons (Fsp3) is 0.303. The Labute approximate surface area is 295 Å². The standard InChI is InChI=1S/C21H22N6O5.C12H14N4O4/c1-21(2,3)32-20(30)27-13-8-22-17-16(13)24-10-25-18(17)19(29)23-7-11-4-5-14-12(6-11)26-15(28)9-31-14;1-12(2,3)20-11(19)16-6-4-13-8-7(6)14-5-15-9(8)10(17)18/h4-6,8,10,22H,7,9H2,1-3H3,(H,23,29)(H,26,28)(H,27,30);4-5,13H,1-3H3,(H,16,19)(H,17,18). The zero-order valence-electron chi connectivity index (χ0n) is 29.0. The molecule has 52 heavy (non-hydrogen) atoms. The number of anilines is 3. The maximum Gasteiger partial charge on any atom is 0.412 e. The number of aromatic carboxylic acids is 1. The van der Waals surface area contributed by atoms with Gasteiger partial charge in [0.25, 0.3) is 11.8 Å². The highest BCUT2D eigenvalue weighted by Crippen LogP contribution is 2.29. The highest BCUT2D eigenvalue weighted by atomic mass is 16.6. The van der Waals surface area contributed by atoms with Crippen molar-refractivity contribution >= 4 is 69.1 Å². The molecule has 0 saturated heterocycles. The molecule has 19 heteroatoms. The SMILES string of the molecule is CC(C)(C)OC(=O)Nc1c[nH]c2c(C(=O)NCc3ccc4c(c3)NC(=O)CO4)ncnc12.CC(C)(C)OC(=O)Nc1c[nH]c2c(C(=O)O)ncnc12. The van der Waals surface area contributed by atoms with Crippen LogP contribution in [-0.4, -0.2) is 82.8 Å². The van der Waals surface area contributed by atoms with Crippen LogP contribution in [-0.2, 0) is 20.8 Å². The van der Waals surface area contributed by atoms with Crippen LogP contribution in [0.5, 0.6) is 5.75 Å². The Balaban J connectivity index is 0.000000225. The van der Waals surface area contributed by atoms with Crippen LogP contribution in [0, 0.1) is 0 Å². The van der Waals surface area contributed by atoms with Gasteiger partial charge in [0.2, 0.25) is 0 Å². The summed E-state index contributed by atoms with van der Waals surface area (Å²) in [7, 11) is 0. The van der Waals surface area contributed by atoms with Crippen molar-refractivity contribution in [2.45, 2.75) is 59.3 Å². The number of carbonyl (C=O) groups excluding carboxylic acids is 4. The van der Waals surface area contributed by atoms with Gasteiger partial charge in [0.1, 0.15) is 46.2 Å². The van der Waals surface area contributed by atoms with Crippen LogP contribution in [0.4, 0.5) is 26.7 Å². The fourth-order valence-electron chi connectivity index (χ4n) is 4.74. The summed E-state index contributed by atoms with van der Waals surface area (Å²) in [6.45, 7) is 10.7. The lowest BCUT2D eigenvalue weighted by atomic mass is 10.1. The van der Waals surface area contributed by atoms with Crippen LogP contribution in [0.1, 0.15) is 68.1 Å². The van der Waals surface area contributed by atoms with Gasteiger partial charge >= 0.3 is 18.2 Å². The second-order valence-electron chi connectivity index (χ2n) is 13.2. The molecular weight excluding hydrogens is 680 g/mol. The number of nitrogens with zero attached hydrogens (tertiary/aromatic N) is 4. The molecule has 4 amide bonds.